The molecule has 8 heteroatoms. The Morgan fingerprint density at radius 1 is 1.30 bits per heavy atom. The first kappa shape index (κ1) is 21.2. The van der Waals surface area contributed by atoms with Crippen LogP contribution in [0.1, 0.15) is 38.7 Å². The van der Waals surface area contributed by atoms with E-state index < -0.39 is 5.97 Å². The van der Waals surface area contributed by atoms with Gasteiger partial charge in [-0.25, -0.2) is 0 Å². The highest BCUT2D eigenvalue weighted by molar-refractivity contribution is 8.26. The molecule has 1 amide bonds. The van der Waals surface area contributed by atoms with Gasteiger partial charge in [0.1, 0.15) is 4.32 Å². The molecule has 1 aliphatic heterocycles. The molecule has 1 aromatic rings. The lowest BCUT2D eigenvalue weighted by atomic mass is 10.2. The van der Waals surface area contributed by atoms with Crippen LogP contribution in [0, 0.1) is 0 Å². The zero-order chi connectivity index (χ0) is 19.8. The summed E-state index contributed by atoms with van der Waals surface area (Å²) in [5.41, 5.74) is 0.792. The topological polar surface area (TPSA) is 76.1 Å². The smallest absolute Gasteiger partial charge is 0.305 e. The highest BCUT2D eigenvalue weighted by Crippen LogP contribution is 2.35. The van der Waals surface area contributed by atoms with Crippen LogP contribution in [0.5, 0.6) is 11.5 Å². The fourth-order valence-corrected chi connectivity index (χ4v) is 3.69. The van der Waals surface area contributed by atoms with Crippen LogP contribution in [0.4, 0.5) is 0 Å². The number of rotatable bonds is 10. The molecule has 0 aromatic heterocycles. The highest BCUT2D eigenvalue weighted by Gasteiger charge is 2.32. The second kappa shape index (κ2) is 10.3. The maximum Gasteiger partial charge on any atom is 0.305 e. The van der Waals surface area contributed by atoms with E-state index in [9.17, 15) is 9.59 Å². The average Bonchev–Trinajstić information content (AvgIpc) is 2.88. The van der Waals surface area contributed by atoms with Gasteiger partial charge in [-0.1, -0.05) is 43.4 Å². The Balaban J connectivity index is 2.17. The molecule has 1 fully saturated rings. The second-order valence-electron chi connectivity index (χ2n) is 5.82. The van der Waals surface area contributed by atoms with Crippen molar-refractivity contribution < 1.29 is 24.2 Å². The first-order chi connectivity index (χ1) is 13.0. The predicted octanol–water partition coefficient (Wildman–Crippen LogP) is 3.94. The van der Waals surface area contributed by atoms with Crippen molar-refractivity contribution in [2.45, 2.75) is 33.1 Å². The number of nitrogens with zero attached hydrogens (tertiary/aromatic N) is 1. The first-order valence-corrected chi connectivity index (χ1v) is 10.1. The van der Waals surface area contributed by atoms with Gasteiger partial charge >= 0.3 is 5.97 Å². The Kier molecular flexibility index (Phi) is 8.12. The van der Waals surface area contributed by atoms with E-state index in [1.54, 1.807) is 6.08 Å². The third kappa shape index (κ3) is 5.97. The van der Waals surface area contributed by atoms with Crippen LogP contribution in [-0.2, 0) is 9.59 Å². The molecular weight excluding hydrogens is 386 g/mol. The van der Waals surface area contributed by atoms with Crippen LogP contribution in [0.2, 0.25) is 0 Å². The van der Waals surface area contributed by atoms with E-state index >= 15 is 0 Å². The lowest BCUT2D eigenvalue weighted by Gasteiger charge is -2.13. The zero-order valence-corrected chi connectivity index (χ0v) is 17.0. The maximum atomic E-state index is 12.5. The standard InChI is InChI=1S/C19H23NO5S2/c1-3-5-10-25-14-7-6-13(11-15(14)24-4-2)12-16-18(23)20(19(26)27-16)9-8-17(21)22/h6-7,11-12H,3-5,8-10H2,1-2H3,(H,21,22)/b16-12-. The van der Waals surface area contributed by atoms with Gasteiger partial charge in [0, 0.05) is 6.54 Å². The Labute approximate surface area is 168 Å². The van der Waals surface area contributed by atoms with Crippen LogP contribution in [-0.4, -0.2) is 46.0 Å². The fourth-order valence-electron chi connectivity index (χ4n) is 2.38. The van der Waals surface area contributed by atoms with Gasteiger partial charge in [0.2, 0.25) is 0 Å². The van der Waals surface area contributed by atoms with E-state index in [2.05, 4.69) is 6.92 Å². The minimum atomic E-state index is -0.965. The summed E-state index contributed by atoms with van der Waals surface area (Å²) >= 11 is 6.37. The summed E-state index contributed by atoms with van der Waals surface area (Å²) in [5.74, 6) is 0.0701. The monoisotopic (exact) mass is 409 g/mol. The van der Waals surface area contributed by atoms with Crippen molar-refractivity contribution in [2.75, 3.05) is 19.8 Å². The molecule has 0 saturated carbocycles. The number of hydrogen-bond acceptors (Lipinski definition) is 6. The van der Waals surface area contributed by atoms with Crippen molar-refractivity contribution in [3.8, 4) is 11.5 Å². The van der Waals surface area contributed by atoms with Crippen LogP contribution in [0.3, 0.4) is 0 Å². The van der Waals surface area contributed by atoms with Gasteiger partial charge in [0.05, 0.1) is 24.5 Å². The molecular formula is C19H23NO5S2. The molecule has 1 N–H and O–H groups in total. The summed E-state index contributed by atoms with van der Waals surface area (Å²) in [6.45, 7) is 5.20. The number of ether oxygens (including phenoxy) is 2. The average molecular weight is 410 g/mol. The molecule has 0 radical (unpaired) electrons. The van der Waals surface area contributed by atoms with Crippen molar-refractivity contribution in [2.24, 2.45) is 0 Å². The molecule has 27 heavy (non-hydrogen) atoms. The number of carbonyl (C=O) groups excluding carboxylic acids is 1. The number of carbonyl (C=O) groups is 2. The number of hydrogen-bond donors (Lipinski definition) is 1. The molecule has 146 valence electrons. The predicted molar refractivity (Wildman–Crippen MR) is 110 cm³/mol. The molecule has 1 aromatic carbocycles. The van der Waals surface area contributed by atoms with E-state index in [-0.39, 0.29) is 18.9 Å². The van der Waals surface area contributed by atoms with Crippen LogP contribution in [0.15, 0.2) is 23.1 Å². The zero-order valence-electron chi connectivity index (χ0n) is 15.4. The van der Waals surface area contributed by atoms with E-state index in [4.69, 9.17) is 26.8 Å². The number of benzene rings is 1. The molecule has 1 heterocycles. The number of thioether (sulfide) groups is 1. The van der Waals surface area contributed by atoms with Gasteiger partial charge in [-0.2, -0.15) is 0 Å². The van der Waals surface area contributed by atoms with Crippen LogP contribution in [0.25, 0.3) is 6.08 Å². The van der Waals surface area contributed by atoms with Crippen molar-refractivity contribution in [1.29, 1.82) is 0 Å². The fraction of sp³-hybridized carbons (Fsp3) is 0.421. The largest absolute Gasteiger partial charge is 0.490 e. The summed E-state index contributed by atoms with van der Waals surface area (Å²) in [6, 6.07) is 5.51. The van der Waals surface area contributed by atoms with Crippen molar-refractivity contribution in [3.05, 3.63) is 28.7 Å². The molecule has 1 aliphatic rings. The highest BCUT2D eigenvalue weighted by atomic mass is 32.2. The van der Waals surface area contributed by atoms with E-state index in [1.807, 2.05) is 25.1 Å². The third-order valence-corrected chi connectivity index (χ3v) is 5.12. The number of amides is 1. The Hall–Kier alpha value is -2.06. The van der Waals surface area contributed by atoms with Gasteiger partial charge in [-0.3, -0.25) is 14.5 Å². The third-order valence-electron chi connectivity index (χ3n) is 3.74. The van der Waals surface area contributed by atoms with Crippen molar-refractivity contribution in [1.82, 2.24) is 4.90 Å². The molecule has 0 aliphatic carbocycles. The van der Waals surface area contributed by atoms with E-state index in [0.717, 1.165) is 18.4 Å². The normalized spacial score (nSPS) is 15.5. The SMILES string of the molecule is CCCCOc1ccc(/C=C2\SC(=S)N(CCC(=O)O)C2=O)cc1OCC. The number of carboxylic acids is 1. The van der Waals surface area contributed by atoms with Gasteiger partial charge in [-0.15, -0.1) is 0 Å². The van der Waals surface area contributed by atoms with E-state index in [1.165, 1.54) is 16.7 Å². The minimum absolute atomic E-state index is 0.0751. The number of carboxylic acid groups (broad SMARTS) is 1. The van der Waals surface area contributed by atoms with Gasteiger partial charge < -0.3 is 14.6 Å². The summed E-state index contributed by atoms with van der Waals surface area (Å²) in [6.07, 6.45) is 3.61. The minimum Gasteiger partial charge on any atom is -0.490 e. The number of thiocarbonyl (C=S) groups is 1. The molecule has 2 rings (SSSR count). The molecule has 6 nitrogen and oxygen atoms in total. The molecule has 0 atom stereocenters. The molecule has 0 spiro atoms. The maximum absolute atomic E-state index is 12.5. The van der Waals surface area contributed by atoms with Gasteiger partial charge in [0.25, 0.3) is 5.91 Å². The first-order valence-electron chi connectivity index (χ1n) is 8.83. The molecule has 0 unspecified atom stereocenters. The Morgan fingerprint density at radius 2 is 2.07 bits per heavy atom. The van der Waals surface area contributed by atoms with Crippen molar-refractivity contribution in [3.63, 3.8) is 0 Å². The van der Waals surface area contributed by atoms with Crippen molar-refractivity contribution >= 4 is 46.3 Å². The Bertz CT molecular complexity index is 748. The molecule has 0 bridgehead atoms. The summed E-state index contributed by atoms with van der Waals surface area (Å²) in [5, 5.41) is 8.80. The van der Waals surface area contributed by atoms with Crippen LogP contribution < -0.4 is 9.47 Å². The number of aliphatic carboxylic acids is 1. The summed E-state index contributed by atoms with van der Waals surface area (Å²) in [4.78, 5) is 25.0. The lowest BCUT2D eigenvalue weighted by molar-refractivity contribution is -0.137. The lowest BCUT2D eigenvalue weighted by Crippen LogP contribution is -2.30. The van der Waals surface area contributed by atoms with E-state index in [0.29, 0.717) is 33.9 Å². The Morgan fingerprint density at radius 3 is 2.74 bits per heavy atom. The van der Waals surface area contributed by atoms with Gasteiger partial charge in [0.15, 0.2) is 11.5 Å². The number of unbranched alkanes of at least 4 members (excludes halogenated alkanes) is 1. The molecule has 1 saturated heterocycles. The second-order valence-corrected chi connectivity index (χ2v) is 7.49. The summed E-state index contributed by atoms with van der Waals surface area (Å²) in [7, 11) is 0. The summed E-state index contributed by atoms with van der Waals surface area (Å²) < 4.78 is 11.8. The van der Waals surface area contributed by atoms with Gasteiger partial charge in [-0.05, 0) is 37.1 Å². The van der Waals surface area contributed by atoms with Crippen LogP contribution >= 0.6 is 24.0 Å². The quantitative estimate of drug-likeness (QED) is 0.356.